The van der Waals surface area contributed by atoms with Crippen LogP contribution in [-0.4, -0.2) is 27.6 Å². The van der Waals surface area contributed by atoms with Crippen molar-refractivity contribution >= 4 is 17.9 Å². The van der Waals surface area contributed by atoms with Gasteiger partial charge in [-0.15, -0.1) is 11.8 Å². The third-order valence-corrected chi connectivity index (χ3v) is 5.73. The highest BCUT2D eigenvalue weighted by Gasteiger charge is 2.33. The normalized spacial score (nSPS) is 16.6. The Hall–Kier alpha value is -2.01. The molecule has 1 atom stereocenters. The molecule has 0 saturated heterocycles. The first kappa shape index (κ1) is 20.7. The molecule has 1 aliphatic heterocycles. The molecular weight excluding hydrogens is 368 g/mol. The molecule has 150 valence electrons. The number of aromatic nitrogens is 1. The van der Waals surface area contributed by atoms with Gasteiger partial charge in [0.15, 0.2) is 0 Å². The van der Waals surface area contributed by atoms with Crippen molar-refractivity contribution in [2.45, 2.75) is 75.9 Å². The number of hydrogen-bond acceptors (Lipinski definition) is 4. The Labute approximate surface area is 172 Å². The summed E-state index contributed by atoms with van der Waals surface area (Å²) in [5.41, 5.74) is 3.06. The van der Waals surface area contributed by atoms with E-state index in [0.29, 0.717) is 6.54 Å². The van der Waals surface area contributed by atoms with Gasteiger partial charge >= 0.3 is 6.09 Å². The Morgan fingerprint density at radius 1 is 1.21 bits per heavy atom. The van der Waals surface area contributed by atoms with Crippen LogP contribution < -0.4 is 0 Å². The average molecular weight is 399 g/mol. The zero-order chi connectivity index (χ0) is 20.1. The quantitative estimate of drug-likeness (QED) is 0.594. The van der Waals surface area contributed by atoms with Crippen LogP contribution in [0, 0.1) is 0 Å². The topological polar surface area (TPSA) is 42.4 Å². The van der Waals surface area contributed by atoms with E-state index < -0.39 is 5.60 Å². The fraction of sp³-hybridized carbons (Fsp3) is 0.478. The van der Waals surface area contributed by atoms with Gasteiger partial charge in [0.2, 0.25) is 0 Å². The summed E-state index contributed by atoms with van der Waals surface area (Å²) >= 11 is 1.76. The van der Waals surface area contributed by atoms with Gasteiger partial charge in [-0.1, -0.05) is 49.7 Å². The molecule has 2 heterocycles. The number of fused-ring (bicyclic) bond motifs is 1. The molecule has 1 aromatic heterocycles. The number of rotatable bonds is 5. The van der Waals surface area contributed by atoms with E-state index in [1.807, 2.05) is 31.7 Å². The number of carbonyl (C=O) groups is 1. The lowest BCUT2D eigenvalue weighted by Gasteiger charge is -2.37. The molecule has 3 rings (SSSR count). The number of pyridine rings is 1. The Balaban J connectivity index is 1.73. The first-order valence-electron chi connectivity index (χ1n) is 10.0. The molecule has 0 saturated carbocycles. The van der Waals surface area contributed by atoms with Gasteiger partial charge in [-0.2, -0.15) is 0 Å². The fourth-order valence-electron chi connectivity index (χ4n) is 3.41. The van der Waals surface area contributed by atoms with Gasteiger partial charge in [-0.25, -0.2) is 9.78 Å². The predicted molar refractivity (Wildman–Crippen MR) is 114 cm³/mol. The van der Waals surface area contributed by atoms with Crippen LogP contribution in [0.3, 0.4) is 0 Å². The molecular formula is C23H30N2O2S. The van der Waals surface area contributed by atoms with E-state index in [4.69, 9.17) is 9.72 Å². The molecule has 0 N–H and O–H groups in total. The molecule has 1 amide bonds. The molecule has 28 heavy (non-hydrogen) atoms. The van der Waals surface area contributed by atoms with Gasteiger partial charge in [0, 0.05) is 23.9 Å². The van der Waals surface area contributed by atoms with Crippen molar-refractivity contribution in [3.63, 3.8) is 0 Å². The van der Waals surface area contributed by atoms with Gasteiger partial charge in [-0.3, -0.25) is 0 Å². The van der Waals surface area contributed by atoms with Crippen molar-refractivity contribution in [1.82, 2.24) is 9.88 Å². The molecule has 5 heteroatoms. The summed E-state index contributed by atoms with van der Waals surface area (Å²) in [6.07, 6.45) is 2.56. The Kier molecular flexibility index (Phi) is 6.65. The number of amides is 1. The minimum Gasteiger partial charge on any atom is -0.444 e. The molecule has 0 spiro atoms. The number of thioether (sulfide) groups is 1. The molecule has 4 nitrogen and oxygen atoms in total. The Morgan fingerprint density at radius 2 is 1.96 bits per heavy atom. The second-order valence-corrected chi connectivity index (χ2v) is 9.28. The monoisotopic (exact) mass is 398 g/mol. The lowest BCUT2D eigenvalue weighted by Crippen LogP contribution is -2.46. The van der Waals surface area contributed by atoms with E-state index in [-0.39, 0.29) is 12.1 Å². The van der Waals surface area contributed by atoms with Crippen molar-refractivity contribution in [2.75, 3.05) is 0 Å². The van der Waals surface area contributed by atoms with Crippen LogP contribution in [0.15, 0.2) is 47.5 Å². The SMILES string of the molecule is CCCC1Cc2nc(SCc3ccccc3)ccc2CN1C(=O)OC(C)(C)C. The first-order valence-corrected chi connectivity index (χ1v) is 11.0. The molecule has 0 fully saturated rings. The third-order valence-electron chi connectivity index (χ3n) is 4.73. The van der Waals surface area contributed by atoms with Gasteiger partial charge in [-0.05, 0) is 44.4 Å². The highest BCUT2D eigenvalue weighted by Crippen LogP contribution is 2.29. The predicted octanol–water partition coefficient (Wildman–Crippen LogP) is 5.84. The van der Waals surface area contributed by atoms with Crippen LogP contribution in [0.25, 0.3) is 0 Å². The molecule has 1 aliphatic rings. The molecule has 0 aliphatic carbocycles. The zero-order valence-electron chi connectivity index (χ0n) is 17.3. The number of hydrogen-bond donors (Lipinski definition) is 0. The lowest BCUT2D eigenvalue weighted by molar-refractivity contribution is 0.0107. The summed E-state index contributed by atoms with van der Waals surface area (Å²) in [5, 5.41) is 1.04. The second-order valence-electron chi connectivity index (χ2n) is 8.28. The maximum absolute atomic E-state index is 12.7. The number of carbonyl (C=O) groups excluding carboxylic acids is 1. The van der Waals surface area contributed by atoms with E-state index in [1.165, 1.54) is 5.56 Å². The van der Waals surface area contributed by atoms with Crippen molar-refractivity contribution in [3.8, 4) is 0 Å². The van der Waals surface area contributed by atoms with E-state index in [1.54, 1.807) is 11.8 Å². The minimum absolute atomic E-state index is 0.147. The summed E-state index contributed by atoms with van der Waals surface area (Å²) in [7, 11) is 0. The third kappa shape index (κ3) is 5.51. The smallest absolute Gasteiger partial charge is 0.410 e. The van der Waals surface area contributed by atoms with Crippen LogP contribution in [0.1, 0.15) is 57.4 Å². The first-order chi connectivity index (χ1) is 13.4. The van der Waals surface area contributed by atoms with E-state index in [2.05, 4.69) is 43.3 Å². The van der Waals surface area contributed by atoms with Crippen LogP contribution in [0.2, 0.25) is 0 Å². The second kappa shape index (κ2) is 8.99. The van der Waals surface area contributed by atoms with Gasteiger partial charge in [0.05, 0.1) is 11.6 Å². The maximum atomic E-state index is 12.7. The van der Waals surface area contributed by atoms with Crippen LogP contribution in [0.4, 0.5) is 4.79 Å². The molecule has 1 aromatic carbocycles. The van der Waals surface area contributed by atoms with E-state index in [9.17, 15) is 4.79 Å². The summed E-state index contributed by atoms with van der Waals surface area (Å²) in [5.74, 6) is 0.912. The number of benzene rings is 1. The molecule has 2 aromatic rings. The lowest BCUT2D eigenvalue weighted by atomic mass is 9.96. The highest BCUT2D eigenvalue weighted by atomic mass is 32.2. The van der Waals surface area contributed by atoms with Gasteiger partial charge < -0.3 is 9.64 Å². The Morgan fingerprint density at radius 3 is 2.64 bits per heavy atom. The minimum atomic E-state index is -0.482. The Bertz CT molecular complexity index is 802. The standard InChI is InChI=1S/C23H30N2O2S/c1-5-9-19-14-20-18(15-25(19)22(26)27-23(2,3)4)12-13-21(24-20)28-16-17-10-7-6-8-11-17/h6-8,10-13,19H,5,9,14-16H2,1-4H3. The summed E-state index contributed by atoms with van der Waals surface area (Å²) < 4.78 is 5.64. The molecule has 0 bridgehead atoms. The summed E-state index contributed by atoms with van der Waals surface area (Å²) in [6, 6.07) is 14.8. The average Bonchev–Trinajstić information content (AvgIpc) is 2.65. The largest absolute Gasteiger partial charge is 0.444 e. The van der Waals surface area contributed by atoms with Crippen LogP contribution >= 0.6 is 11.8 Å². The fourth-order valence-corrected chi connectivity index (χ4v) is 4.26. The van der Waals surface area contributed by atoms with Crippen molar-refractivity contribution in [1.29, 1.82) is 0 Å². The van der Waals surface area contributed by atoms with Gasteiger partial charge in [0.1, 0.15) is 5.60 Å². The number of ether oxygens (including phenoxy) is 1. The van der Waals surface area contributed by atoms with Crippen molar-refractivity contribution in [2.24, 2.45) is 0 Å². The molecule has 1 unspecified atom stereocenters. The summed E-state index contributed by atoms with van der Waals surface area (Å²) in [6.45, 7) is 8.47. The summed E-state index contributed by atoms with van der Waals surface area (Å²) in [4.78, 5) is 19.5. The number of nitrogens with zero attached hydrogens (tertiary/aromatic N) is 2. The zero-order valence-corrected chi connectivity index (χ0v) is 18.1. The van der Waals surface area contributed by atoms with Crippen molar-refractivity contribution in [3.05, 3.63) is 59.3 Å². The van der Waals surface area contributed by atoms with E-state index in [0.717, 1.165) is 41.3 Å². The van der Waals surface area contributed by atoms with Crippen LogP contribution in [-0.2, 0) is 23.5 Å². The van der Waals surface area contributed by atoms with Crippen molar-refractivity contribution < 1.29 is 9.53 Å². The van der Waals surface area contributed by atoms with Gasteiger partial charge in [0.25, 0.3) is 0 Å². The maximum Gasteiger partial charge on any atom is 0.410 e. The highest BCUT2D eigenvalue weighted by molar-refractivity contribution is 7.98. The molecule has 0 radical (unpaired) electrons. The van der Waals surface area contributed by atoms with E-state index >= 15 is 0 Å². The van der Waals surface area contributed by atoms with Crippen LogP contribution in [0.5, 0.6) is 0 Å².